The molecule has 5 nitrogen and oxygen atoms in total. The van der Waals surface area contributed by atoms with Crippen LogP contribution in [0.2, 0.25) is 4.34 Å². The molecule has 0 saturated heterocycles. The molecule has 2 aromatic rings. The minimum Gasteiger partial charge on any atom is -0.380 e. The molecule has 0 aliphatic carbocycles. The van der Waals surface area contributed by atoms with E-state index in [2.05, 4.69) is 17.0 Å². The zero-order valence-electron chi connectivity index (χ0n) is 14.8. The SMILES string of the molecule is CC1COCCc2cc(Cl)sc2CC(c2cccc(NS(C)(=O)=O)c2)N1. The highest BCUT2D eigenvalue weighted by molar-refractivity contribution is 7.92. The summed E-state index contributed by atoms with van der Waals surface area (Å²) in [7, 11) is -3.31. The fourth-order valence-electron chi connectivity index (χ4n) is 3.14. The standard InChI is InChI=1S/C18H23ClN2O3S2/c1-12-11-24-7-6-14-9-18(19)25-17(14)10-16(20-12)13-4-3-5-15(8-13)21-26(2,22)23/h3-5,8-9,12,16,20-21H,6-7,10-11H2,1-2H3. The Morgan fingerprint density at radius 3 is 2.92 bits per heavy atom. The topological polar surface area (TPSA) is 67.4 Å². The van der Waals surface area contributed by atoms with Crippen molar-refractivity contribution >= 4 is 38.6 Å². The average Bonchev–Trinajstić information content (AvgIpc) is 2.89. The van der Waals surface area contributed by atoms with Crippen molar-refractivity contribution in [2.24, 2.45) is 0 Å². The van der Waals surface area contributed by atoms with E-state index in [1.807, 2.05) is 24.3 Å². The van der Waals surface area contributed by atoms with Crippen LogP contribution in [0.3, 0.4) is 0 Å². The molecule has 2 atom stereocenters. The van der Waals surface area contributed by atoms with Crippen LogP contribution < -0.4 is 10.0 Å². The van der Waals surface area contributed by atoms with Gasteiger partial charge in [0.05, 0.1) is 23.8 Å². The minimum absolute atomic E-state index is 0.0430. The predicted octanol–water partition coefficient (Wildman–Crippen LogP) is 3.61. The number of halogens is 1. The summed E-state index contributed by atoms with van der Waals surface area (Å²) in [5.74, 6) is 0. The highest BCUT2D eigenvalue weighted by Crippen LogP contribution is 2.32. The van der Waals surface area contributed by atoms with Gasteiger partial charge in [-0.3, -0.25) is 4.72 Å². The molecule has 1 aliphatic rings. The second-order valence-corrected chi connectivity index (χ2v) is 10.2. The molecule has 1 aromatic carbocycles. The van der Waals surface area contributed by atoms with Crippen LogP contribution in [-0.4, -0.2) is 33.9 Å². The smallest absolute Gasteiger partial charge is 0.229 e. The molecule has 8 heteroatoms. The van der Waals surface area contributed by atoms with E-state index in [0.717, 1.165) is 29.0 Å². The molecule has 3 rings (SSSR count). The van der Waals surface area contributed by atoms with Crippen LogP contribution in [0.1, 0.15) is 29.0 Å². The molecule has 0 fully saturated rings. The largest absolute Gasteiger partial charge is 0.380 e. The van der Waals surface area contributed by atoms with E-state index in [1.54, 1.807) is 17.4 Å². The highest BCUT2D eigenvalue weighted by atomic mass is 35.5. The van der Waals surface area contributed by atoms with Gasteiger partial charge in [0.2, 0.25) is 10.0 Å². The zero-order chi connectivity index (χ0) is 18.7. The van der Waals surface area contributed by atoms with E-state index in [9.17, 15) is 8.42 Å². The molecule has 2 unspecified atom stereocenters. The summed E-state index contributed by atoms with van der Waals surface area (Å²) in [6.07, 6.45) is 2.81. The third kappa shape index (κ3) is 5.44. The van der Waals surface area contributed by atoms with Gasteiger partial charge in [0.1, 0.15) is 0 Å². The highest BCUT2D eigenvalue weighted by Gasteiger charge is 2.21. The first kappa shape index (κ1) is 19.6. The lowest BCUT2D eigenvalue weighted by Gasteiger charge is -2.26. The van der Waals surface area contributed by atoms with Gasteiger partial charge < -0.3 is 10.1 Å². The molecular formula is C18H23ClN2O3S2. The van der Waals surface area contributed by atoms with Crippen molar-refractivity contribution in [3.63, 3.8) is 0 Å². The maximum Gasteiger partial charge on any atom is 0.229 e. The van der Waals surface area contributed by atoms with E-state index in [-0.39, 0.29) is 12.1 Å². The van der Waals surface area contributed by atoms with Crippen LogP contribution in [0.5, 0.6) is 0 Å². The van der Waals surface area contributed by atoms with Crippen molar-refractivity contribution in [3.8, 4) is 0 Å². The number of fused-ring (bicyclic) bond motifs is 1. The molecule has 1 aliphatic heterocycles. The van der Waals surface area contributed by atoms with E-state index < -0.39 is 10.0 Å². The summed E-state index contributed by atoms with van der Waals surface area (Å²) in [4.78, 5) is 1.24. The van der Waals surface area contributed by atoms with Crippen molar-refractivity contribution in [1.82, 2.24) is 5.32 Å². The second kappa shape index (κ2) is 8.27. The molecule has 0 radical (unpaired) electrons. The number of ether oxygens (including phenoxy) is 1. The third-order valence-corrected chi connectivity index (χ3v) is 6.15. The Morgan fingerprint density at radius 1 is 1.35 bits per heavy atom. The zero-order valence-corrected chi connectivity index (χ0v) is 17.2. The molecular weight excluding hydrogens is 392 g/mol. The minimum atomic E-state index is -3.31. The lowest BCUT2D eigenvalue weighted by Crippen LogP contribution is -2.36. The molecule has 2 heterocycles. The van der Waals surface area contributed by atoms with Crippen molar-refractivity contribution < 1.29 is 13.2 Å². The Balaban J connectivity index is 1.92. The molecule has 0 saturated carbocycles. The van der Waals surface area contributed by atoms with Crippen LogP contribution >= 0.6 is 22.9 Å². The Hall–Kier alpha value is -1.12. The number of nitrogens with one attached hydrogen (secondary N) is 2. The van der Waals surface area contributed by atoms with Gasteiger partial charge in [-0.1, -0.05) is 23.7 Å². The van der Waals surface area contributed by atoms with Gasteiger partial charge in [-0.05, 0) is 42.7 Å². The number of hydrogen-bond donors (Lipinski definition) is 2. The molecule has 2 N–H and O–H groups in total. The summed E-state index contributed by atoms with van der Waals surface area (Å²) in [5.41, 5.74) is 2.82. The molecule has 0 amide bonds. The Labute approximate surface area is 163 Å². The normalized spacial score (nSPS) is 21.8. The lowest BCUT2D eigenvalue weighted by atomic mass is 9.99. The van der Waals surface area contributed by atoms with E-state index in [0.29, 0.717) is 18.9 Å². The average molecular weight is 415 g/mol. The first-order valence-electron chi connectivity index (χ1n) is 8.49. The van der Waals surface area contributed by atoms with Crippen molar-refractivity contribution in [2.45, 2.75) is 31.8 Å². The number of benzene rings is 1. The second-order valence-electron chi connectivity index (χ2n) is 6.65. The summed E-state index contributed by atoms with van der Waals surface area (Å²) < 4.78 is 32.2. The number of sulfonamides is 1. The molecule has 0 spiro atoms. The van der Waals surface area contributed by atoms with Crippen LogP contribution in [0.25, 0.3) is 0 Å². The van der Waals surface area contributed by atoms with Crippen LogP contribution in [0, 0.1) is 0 Å². The summed E-state index contributed by atoms with van der Waals surface area (Å²) >= 11 is 7.84. The summed E-state index contributed by atoms with van der Waals surface area (Å²) in [6.45, 7) is 3.41. The van der Waals surface area contributed by atoms with Gasteiger partial charge in [-0.2, -0.15) is 0 Å². The summed E-state index contributed by atoms with van der Waals surface area (Å²) in [5, 5.41) is 3.60. The number of anilines is 1. The lowest BCUT2D eigenvalue weighted by molar-refractivity contribution is 0.113. The van der Waals surface area contributed by atoms with Crippen molar-refractivity contribution in [2.75, 3.05) is 24.2 Å². The van der Waals surface area contributed by atoms with E-state index >= 15 is 0 Å². The fourth-order valence-corrected chi connectivity index (χ4v) is 5.08. The van der Waals surface area contributed by atoms with Crippen molar-refractivity contribution in [3.05, 3.63) is 50.7 Å². The Kier molecular flexibility index (Phi) is 6.25. The first-order valence-corrected chi connectivity index (χ1v) is 11.6. The third-order valence-electron chi connectivity index (χ3n) is 4.22. The first-order chi connectivity index (χ1) is 12.3. The van der Waals surface area contributed by atoms with Gasteiger partial charge in [-0.15, -0.1) is 11.3 Å². The van der Waals surface area contributed by atoms with Gasteiger partial charge >= 0.3 is 0 Å². The van der Waals surface area contributed by atoms with E-state index in [1.165, 1.54) is 10.4 Å². The van der Waals surface area contributed by atoms with Gasteiger partial charge in [0, 0.05) is 29.1 Å². The van der Waals surface area contributed by atoms with Gasteiger partial charge in [-0.25, -0.2) is 8.42 Å². The van der Waals surface area contributed by atoms with Gasteiger partial charge in [0.15, 0.2) is 0 Å². The van der Waals surface area contributed by atoms with Crippen LogP contribution in [0.4, 0.5) is 5.69 Å². The predicted molar refractivity (Wildman–Crippen MR) is 108 cm³/mol. The molecule has 142 valence electrons. The molecule has 26 heavy (non-hydrogen) atoms. The van der Waals surface area contributed by atoms with E-state index in [4.69, 9.17) is 16.3 Å². The maximum absolute atomic E-state index is 11.5. The summed E-state index contributed by atoms with van der Waals surface area (Å²) in [6, 6.07) is 9.77. The van der Waals surface area contributed by atoms with Gasteiger partial charge in [0.25, 0.3) is 0 Å². The quantitative estimate of drug-likeness (QED) is 0.805. The number of rotatable bonds is 3. The fraction of sp³-hybridized carbons (Fsp3) is 0.444. The molecule has 0 bridgehead atoms. The van der Waals surface area contributed by atoms with Crippen LogP contribution in [0.15, 0.2) is 30.3 Å². The number of hydrogen-bond acceptors (Lipinski definition) is 5. The number of thiophene rings is 1. The van der Waals surface area contributed by atoms with Crippen molar-refractivity contribution in [1.29, 1.82) is 0 Å². The molecule has 1 aromatic heterocycles. The Bertz CT molecular complexity index is 867. The monoisotopic (exact) mass is 414 g/mol. The maximum atomic E-state index is 11.5. The van der Waals surface area contributed by atoms with Crippen LogP contribution in [-0.2, 0) is 27.6 Å². The Morgan fingerprint density at radius 2 is 2.15 bits per heavy atom.